The van der Waals surface area contributed by atoms with E-state index in [-0.39, 0.29) is 11.9 Å². The Hall–Kier alpha value is -2.00. The molecule has 2 saturated heterocycles. The molecule has 29 heavy (non-hydrogen) atoms. The minimum absolute atomic E-state index is 0.313. The van der Waals surface area contributed by atoms with Gasteiger partial charge in [-0.25, -0.2) is 9.18 Å². The summed E-state index contributed by atoms with van der Waals surface area (Å²) >= 11 is 10.5. The number of cyclic esters (lactones) is 1. The van der Waals surface area contributed by atoms with Crippen molar-refractivity contribution in [1.82, 2.24) is 10.2 Å². The molecule has 1 atom stereocenters. The number of halogens is 1. The van der Waals surface area contributed by atoms with Crippen LogP contribution in [0.4, 0.5) is 20.6 Å². The molecule has 1 aromatic rings. The number of carbonyl (C=O) groups is 1. The van der Waals surface area contributed by atoms with Crippen molar-refractivity contribution in [2.24, 2.45) is 5.92 Å². The minimum atomic E-state index is -0.465. The van der Waals surface area contributed by atoms with E-state index in [2.05, 4.69) is 10.2 Å². The lowest BCUT2D eigenvalue weighted by Gasteiger charge is -2.37. The average molecular weight is 437 g/mol. The van der Waals surface area contributed by atoms with Gasteiger partial charge in [0.15, 0.2) is 0 Å². The molecule has 0 bridgehead atoms. The number of ether oxygens (including phenoxy) is 1. The molecule has 2 aliphatic heterocycles. The minimum Gasteiger partial charge on any atom is -0.442 e. The first-order valence-corrected chi connectivity index (χ1v) is 10.8. The van der Waals surface area contributed by atoms with E-state index in [0.29, 0.717) is 35.4 Å². The van der Waals surface area contributed by atoms with E-state index in [9.17, 15) is 9.18 Å². The van der Waals surface area contributed by atoms with Gasteiger partial charge in [-0.1, -0.05) is 24.4 Å². The van der Waals surface area contributed by atoms with Crippen LogP contribution in [0.3, 0.4) is 0 Å². The summed E-state index contributed by atoms with van der Waals surface area (Å²) in [5, 5.41) is 3.00. The lowest BCUT2D eigenvalue weighted by Crippen LogP contribution is -2.49. The third-order valence-corrected chi connectivity index (χ3v) is 6.29. The topological polar surface area (TPSA) is 48.0 Å². The van der Waals surface area contributed by atoms with Crippen molar-refractivity contribution in [3.8, 4) is 0 Å². The molecule has 0 aromatic heterocycles. The second-order valence-corrected chi connectivity index (χ2v) is 8.81. The third-order valence-electron chi connectivity index (χ3n) is 5.55. The summed E-state index contributed by atoms with van der Waals surface area (Å²) in [6.45, 7) is 5.71. The van der Waals surface area contributed by atoms with E-state index >= 15 is 0 Å². The lowest BCUT2D eigenvalue weighted by atomic mass is 10.2. The summed E-state index contributed by atoms with van der Waals surface area (Å²) in [7, 11) is 0. The summed E-state index contributed by atoms with van der Waals surface area (Å²) in [5.74, 6) is 0.254. The Morgan fingerprint density at radius 1 is 1.24 bits per heavy atom. The van der Waals surface area contributed by atoms with Gasteiger partial charge in [-0.15, -0.1) is 0 Å². The molecule has 1 aliphatic carbocycles. The highest BCUT2D eigenvalue weighted by Crippen LogP contribution is 2.33. The van der Waals surface area contributed by atoms with Crippen LogP contribution in [0, 0.1) is 11.7 Å². The zero-order valence-electron chi connectivity index (χ0n) is 16.4. The molecule has 0 radical (unpaired) electrons. The number of piperazine rings is 1. The third kappa shape index (κ3) is 4.61. The number of benzene rings is 1. The molecule has 3 aliphatic rings. The Morgan fingerprint density at radius 2 is 1.97 bits per heavy atom. The number of thiocarbonyl (C=S) groups is 2. The first-order valence-electron chi connectivity index (χ1n) is 9.98. The second kappa shape index (κ2) is 8.39. The molecule has 6 nitrogen and oxygen atoms in total. The first-order chi connectivity index (χ1) is 13.9. The Labute approximate surface area is 181 Å². The summed E-state index contributed by atoms with van der Waals surface area (Å²) in [6.07, 6.45) is 1.63. The quantitative estimate of drug-likeness (QED) is 0.712. The fourth-order valence-corrected chi connectivity index (χ4v) is 4.27. The summed E-state index contributed by atoms with van der Waals surface area (Å²) < 4.78 is 20.2. The van der Waals surface area contributed by atoms with Crippen molar-refractivity contribution in [2.45, 2.75) is 25.9 Å². The predicted molar refractivity (Wildman–Crippen MR) is 119 cm³/mol. The van der Waals surface area contributed by atoms with Crippen molar-refractivity contribution in [2.75, 3.05) is 49.1 Å². The molecule has 156 valence electrons. The molecule has 0 unspecified atom stereocenters. The number of nitrogens with one attached hydrogen (secondary N) is 1. The van der Waals surface area contributed by atoms with Crippen LogP contribution in [0.5, 0.6) is 0 Å². The highest BCUT2D eigenvalue weighted by atomic mass is 32.1. The van der Waals surface area contributed by atoms with Crippen LogP contribution in [0.25, 0.3) is 0 Å². The first kappa shape index (κ1) is 20.3. The van der Waals surface area contributed by atoms with E-state index in [1.54, 1.807) is 19.1 Å². The smallest absolute Gasteiger partial charge is 0.414 e. The molecule has 1 N–H and O–H groups in total. The zero-order valence-corrected chi connectivity index (χ0v) is 18.0. The summed E-state index contributed by atoms with van der Waals surface area (Å²) in [5.41, 5.74) is 1.07. The van der Waals surface area contributed by atoms with E-state index in [4.69, 9.17) is 29.2 Å². The molecule has 1 amide bonds. The molecule has 3 fully saturated rings. The molecule has 0 spiro atoms. The average Bonchev–Trinajstić information content (AvgIpc) is 3.48. The van der Waals surface area contributed by atoms with Crippen LogP contribution >= 0.6 is 24.4 Å². The maximum atomic E-state index is 14.9. The molecule has 1 aromatic carbocycles. The molecule has 4 rings (SSSR count). The lowest BCUT2D eigenvalue weighted by molar-refractivity contribution is 0.143. The Bertz CT molecular complexity index is 825. The van der Waals surface area contributed by atoms with Crippen LogP contribution in [0.15, 0.2) is 18.2 Å². The van der Waals surface area contributed by atoms with Crippen molar-refractivity contribution in [3.05, 3.63) is 24.0 Å². The summed E-state index contributed by atoms with van der Waals surface area (Å²) in [4.78, 5) is 19.7. The maximum Gasteiger partial charge on any atom is 0.414 e. The van der Waals surface area contributed by atoms with E-state index < -0.39 is 6.09 Å². The fourth-order valence-electron chi connectivity index (χ4n) is 3.77. The van der Waals surface area contributed by atoms with Crippen molar-refractivity contribution >= 4 is 51.9 Å². The number of nitrogens with zero attached hydrogens (tertiary/aromatic N) is 3. The van der Waals surface area contributed by atoms with Crippen molar-refractivity contribution in [3.63, 3.8) is 0 Å². The van der Waals surface area contributed by atoms with Crippen molar-refractivity contribution < 1.29 is 13.9 Å². The molecule has 2 heterocycles. The monoisotopic (exact) mass is 436 g/mol. The van der Waals surface area contributed by atoms with Gasteiger partial charge in [-0.2, -0.15) is 0 Å². The number of hydrogen-bond acceptors (Lipinski definition) is 5. The van der Waals surface area contributed by atoms with Crippen LogP contribution < -0.4 is 15.1 Å². The Kier molecular flexibility index (Phi) is 5.87. The van der Waals surface area contributed by atoms with Gasteiger partial charge in [0.2, 0.25) is 0 Å². The largest absolute Gasteiger partial charge is 0.442 e. The van der Waals surface area contributed by atoms with E-state index in [1.165, 1.54) is 23.8 Å². The zero-order chi connectivity index (χ0) is 20.5. The number of hydrogen-bond donors (Lipinski definition) is 1. The second-order valence-electron chi connectivity index (χ2n) is 7.78. The number of carbonyl (C=O) groups excluding carboxylic acids is 1. The van der Waals surface area contributed by atoms with Gasteiger partial charge in [0.1, 0.15) is 11.9 Å². The summed E-state index contributed by atoms with van der Waals surface area (Å²) in [6, 6.07) is 4.94. The Balaban J connectivity index is 1.37. The van der Waals surface area contributed by atoms with Gasteiger partial charge < -0.3 is 19.9 Å². The standard InChI is InChI=1S/C20H25FN4O2S2/c1-13(28)22-11-16-12-25(20(26)27-16)15-4-5-18(17(21)10-15)23-6-8-24(9-7-23)19(29)14-2-3-14/h4-5,10,14,16H,2-3,6-9,11-12H2,1H3,(H,22,28)/t16-/m0/s1. The van der Waals surface area contributed by atoms with Gasteiger partial charge in [-0.05, 0) is 38.0 Å². The molecular weight excluding hydrogens is 411 g/mol. The number of rotatable bonds is 5. The highest BCUT2D eigenvalue weighted by Gasteiger charge is 2.34. The van der Waals surface area contributed by atoms with Gasteiger partial charge in [0.25, 0.3) is 0 Å². The van der Waals surface area contributed by atoms with Gasteiger partial charge in [0, 0.05) is 32.1 Å². The predicted octanol–water partition coefficient (Wildman–Crippen LogP) is 2.95. The SMILES string of the molecule is CC(=S)NC[C@H]1CN(c2ccc(N3CCN(C(=S)C4CC4)CC3)c(F)c2)C(=O)O1. The Morgan fingerprint density at radius 3 is 2.59 bits per heavy atom. The van der Waals surface area contributed by atoms with Crippen LogP contribution in [-0.2, 0) is 4.74 Å². The van der Waals surface area contributed by atoms with Crippen LogP contribution in [0.1, 0.15) is 19.8 Å². The van der Waals surface area contributed by atoms with Crippen LogP contribution in [0.2, 0.25) is 0 Å². The van der Waals surface area contributed by atoms with Gasteiger partial charge in [-0.3, -0.25) is 4.90 Å². The normalized spacial score (nSPS) is 21.9. The highest BCUT2D eigenvalue weighted by molar-refractivity contribution is 7.80. The van der Waals surface area contributed by atoms with E-state index in [1.807, 2.05) is 4.90 Å². The van der Waals surface area contributed by atoms with Crippen LogP contribution in [-0.4, -0.2) is 66.3 Å². The van der Waals surface area contributed by atoms with Crippen molar-refractivity contribution in [1.29, 1.82) is 0 Å². The molecular formula is C20H25FN4O2S2. The number of anilines is 2. The van der Waals surface area contributed by atoms with E-state index in [0.717, 1.165) is 31.2 Å². The number of amides is 1. The van der Waals surface area contributed by atoms with Gasteiger partial charge in [0.05, 0.1) is 34.4 Å². The fraction of sp³-hybridized carbons (Fsp3) is 0.550. The van der Waals surface area contributed by atoms with Gasteiger partial charge >= 0.3 is 6.09 Å². The molecule has 9 heteroatoms. The maximum absolute atomic E-state index is 14.9. The molecule has 1 saturated carbocycles.